The molecule has 0 atom stereocenters. The predicted octanol–water partition coefficient (Wildman–Crippen LogP) is 5.15. The number of H-pyrrole nitrogens is 1. The number of methoxy groups -OCH3 is 1. The smallest absolute Gasteiger partial charge is 0.417 e. The number of carboxylic acid groups (broad SMARTS) is 1. The average molecular weight is 522 g/mol. The fourth-order valence-electron chi connectivity index (χ4n) is 3.53. The van der Waals surface area contributed by atoms with E-state index in [0.29, 0.717) is 6.07 Å². The van der Waals surface area contributed by atoms with E-state index < -0.39 is 57.1 Å². The summed E-state index contributed by atoms with van der Waals surface area (Å²) in [5.74, 6) is -4.78. The maximum absolute atomic E-state index is 14.8. The molecule has 4 aromatic rings. The fraction of sp³-hybridized carbons (Fsp3) is 0.0870. The van der Waals surface area contributed by atoms with Crippen LogP contribution in [0.4, 0.5) is 17.6 Å². The van der Waals surface area contributed by atoms with Crippen LogP contribution in [-0.2, 0) is 10.9 Å². The van der Waals surface area contributed by atoms with Gasteiger partial charge in [-0.1, -0.05) is 17.7 Å². The molecule has 0 bridgehead atoms. The number of carbonyl (C=O) groups excluding carboxylic acids is 2. The molecule has 0 aliphatic heterocycles. The van der Waals surface area contributed by atoms with Crippen LogP contribution in [0.25, 0.3) is 22.3 Å². The van der Waals surface area contributed by atoms with Gasteiger partial charge in [0.2, 0.25) is 5.78 Å². The van der Waals surface area contributed by atoms with Crippen LogP contribution in [0.2, 0.25) is 5.02 Å². The quantitative estimate of drug-likeness (QED) is 0.211. The van der Waals surface area contributed by atoms with E-state index in [1.165, 1.54) is 12.1 Å². The van der Waals surface area contributed by atoms with Crippen molar-refractivity contribution >= 4 is 40.4 Å². The van der Waals surface area contributed by atoms with Crippen molar-refractivity contribution in [3.63, 3.8) is 0 Å². The zero-order valence-electron chi connectivity index (χ0n) is 17.9. The summed E-state index contributed by atoms with van der Waals surface area (Å²) in [7, 11) is 1.11. The van der Waals surface area contributed by atoms with Crippen LogP contribution in [0.1, 0.15) is 42.3 Å². The number of ketones is 1. The van der Waals surface area contributed by atoms with E-state index in [1.54, 1.807) is 0 Å². The van der Waals surface area contributed by atoms with Crippen LogP contribution in [0.5, 0.6) is 0 Å². The molecule has 4 rings (SSSR count). The molecule has 0 unspecified atom stereocenters. The van der Waals surface area contributed by atoms with E-state index in [1.807, 2.05) is 0 Å². The maximum atomic E-state index is 14.8. The number of pyridine rings is 1. The molecular weight excluding hydrogens is 510 g/mol. The lowest BCUT2D eigenvalue weighted by Gasteiger charge is -2.14. The van der Waals surface area contributed by atoms with Crippen LogP contribution in [0.15, 0.2) is 42.5 Å². The second-order valence-electron chi connectivity index (χ2n) is 7.33. The first-order chi connectivity index (χ1) is 16.9. The number of nitrogens with zero attached hydrogens (tertiary/aromatic N) is 2. The first kappa shape index (κ1) is 24.8. The van der Waals surface area contributed by atoms with Crippen molar-refractivity contribution in [2.24, 2.45) is 0 Å². The number of aromatic amines is 1. The molecule has 2 aromatic carbocycles. The van der Waals surface area contributed by atoms with Gasteiger partial charge in [-0.2, -0.15) is 18.3 Å². The van der Waals surface area contributed by atoms with Crippen LogP contribution >= 0.6 is 11.6 Å². The molecule has 0 radical (unpaired) electrons. The molecule has 0 saturated heterocycles. The molecular formula is C23H12ClF4N3O5. The highest BCUT2D eigenvalue weighted by Crippen LogP contribution is 2.37. The number of aromatic nitrogens is 3. The summed E-state index contributed by atoms with van der Waals surface area (Å²) in [6.07, 6.45) is -4.98. The number of carboxylic acids is 1. The Kier molecular flexibility index (Phi) is 6.23. The molecule has 0 fully saturated rings. The second-order valence-corrected chi connectivity index (χ2v) is 7.74. The molecule has 0 saturated carbocycles. The summed E-state index contributed by atoms with van der Waals surface area (Å²) in [6.45, 7) is 0. The number of hydrogen-bond acceptors (Lipinski definition) is 6. The number of carbonyl (C=O) groups is 3. The Morgan fingerprint density at radius 1 is 1.11 bits per heavy atom. The van der Waals surface area contributed by atoms with Gasteiger partial charge in [-0.05, 0) is 36.4 Å². The molecule has 36 heavy (non-hydrogen) atoms. The standard InChI is InChI=1S/C23H12ClF4N3O5/c1-36-22(35)9-5-6-10(14(25)7-9)17-19-15(30-31-17)8-11(21(33)34)18(29-19)20(32)16-12(23(26,27)28)3-2-4-13(16)24/h2-8H,1H3,(H,30,31)(H,33,34). The van der Waals surface area contributed by atoms with E-state index in [0.717, 1.165) is 31.4 Å². The van der Waals surface area contributed by atoms with Gasteiger partial charge in [0.1, 0.15) is 22.7 Å². The fourth-order valence-corrected chi connectivity index (χ4v) is 3.79. The first-order valence-corrected chi connectivity index (χ1v) is 10.2. The van der Waals surface area contributed by atoms with E-state index in [-0.39, 0.29) is 27.9 Å². The van der Waals surface area contributed by atoms with Crippen molar-refractivity contribution in [3.05, 3.63) is 81.3 Å². The Balaban J connectivity index is 1.95. The first-order valence-electron chi connectivity index (χ1n) is 9.85. The van der Waals surface area contributed by atoms with Gasteiger partial charge in [0.05, 0.1) is 39.9 Å². The van der Waals surface area contributed by atoms with Gasteiger partial charge < -0.3 is 9.84 Å². The third-order valence-electron chi connectivity index (χ3n) is 5.17. The van der Waals surface area contributed by atoms with Crippen molar-refractivity contribution in [1.82, 2.24) is 15.2 Å². The molecule has 0 amide bonds. The lowest BCUT2D eigenvalue weighted by molar-refractivity contribution is -0.137. The monoisotopic (exact) mass is 521 g/mol. The molecule has 13 heteroatoms. The number of hydrogen-bond donors (Lipinski definition) is 2. The lowest BCUT2D eigenvalue weighted by Crippen LogP contribution is -2.18. The number of esters is 1. The minimum absolute atomic E-state index is 0.0365. The van der Waals surface area contributed by atoms with Crippen LogP contribution in [0, 0.1) is 5.82 Å². The summed E-state index contributed by atoms with van der Waals surface area (Å²) >= 11 is 5.91. The number of nitrogens with one attached hydrogen (secondary N) is 1. The highest BCUT2D eigenvalue weighted by molar-refractivity contribution is 6.35. The Morgan fingerprint density at radius 2 is 1.83 bits per heavy atom. The van der Waals surface area contributed by atoms with Crippen molar-refractivity contribution in [3.8, 4) is 11.3 Å². The number of aromatic carboxylic acids is 1. The number of halogens is 5. The van der Waals surface area contributed by atoms with E-state index in [4.69, 9.17) is 11.6 Å². The number of rotatable bonds is 5. The zero-order valence-corrected chi connectivity index (χ0v) is 18.7. The molecule has 184 valence electrons. The predicted molar refractivity (Wildman–Crippen MR) is 117 cm³/mol. The Bertz CT molecular complexity index is 1570. The van der Waals surface area contributed by atoms with Gasteiger partial charge in [-0.15, -0.1) is 0 Å². The Hall–Kier alpha value is -4.32. The van der Waals surface area contributed by atoms with Gasteiger partial charge in [0, 0.05) is 5.56 Å². The van der Waals surface area contributed by atoms with Gasteiger partial charge in [-0.25, -0.2) is 19.0 Å². The molecule has 2 N–H and O–H groups in total. The number of benzene rings is 2. The van der Waals surface area contributed by atoms with Crippen LogP contribution in [-0.4, -0.2) is 45.1 Å². The molecule has 0 aliphatic rings. The maximum Gasteiger partial charge on any atom is 0.417 e. The molecule has 0 spiro atoms. The molecule has 2 aromatic heterocycles. The lowest BCUT2D eigenvalue weighted by atomic mass is 9.97. The van der Waals surface area contributed by atoms with Crippen molar-refractivity contribution in [1.29, 1.82) is 0 Å². The van der Waals surface area contributed by atoms with Gasteiger partial charge >= 0.3 is 18.1 Å². The summed E-state index contributed by atoms with van der Waals surface area (Å²) in [4.78, 5) is 40.7. The van der Waals surface area contributed by atoms with E-state index in [9.17, 15) is 37.1 Å². The van der Waals surface area contributed by atoms with Crippen molar-refractivity contribution in [2.75, 3.05) is 7.11 Å². The Morgan fingerprint density at radius 3 is 2.44 bits per heavy atom. The number of ether oxygens (including phenoxy) is 1. The summed E-state index contributed by atoms with van der Waals surface area (Å²) in [5.41, 5.74) is -4.65. The summed E-state index contributed by atoms with van der Waals surface area (Å²) < 4.78 is 60.1. The van der Waals surface area contributed by atoms with Gasteiger partial charge in [0.15, 0.2) is 0 Å². The number of alkyl halides is 3. The third-order valence-corrected chi connectivity index (χ3v) is 5.49. The van der Waals surface area contributed by atoms with Gasteiger partial charge in [-0.3, -0.25) is 9.89 Å². The normalized spacial score (nSPS) is 11.5. The Labute approximate surface area is 203 Å². The topological polar surface area (TPSA) is 122 Å². The minimum atomic E-state index is -4.98. The zero-order chi connectivity index (χ0) is 26.4. The largest absolute Gasteiger partial charge is 0.478 e. The summed E-state index contributed by atoms with van der Waals surface area (Å²) in [5, 5.41) is 15.4. The van der Waals surface area contributed by atoms with E-state index in [2.05, 4.69) is 19.9 Å². The van der Waals surface area contributed by atoms with Crippen LogP contribution in [0.3, 0.4) is 0 Å². The minimum Gasteiger partial charge on any atom is -0.478 e. The van der Waals surface area contributed by atoms with Crippen LogP contribution < -0.4 is 0 Å². The molecule has 8 nitrogen and oxygen atoms in total. The highest BCUT2D eigenvalue weighted by Gasteiger charge is 2.38. The number of fused-ring (bicyclic) bond motifs is 1. The SMILES string of the molecule is COC(=O)c1ccc(-c2n[nH]c3cc(C(=O)O)c(C(=O)c4c(Cl)cccc4C(F)(F)F)nc23)c(F)c1. The van der Waals surface area contributed by atoms with Gasteiger partial charge in [0.25, 0.3) is 0 Å². The van der Waals surface area contributed by atoms with E-state index >= 15 is 0 Å². The average Bonchev–Trinajstić information content (AvgIpc) is 3.24. The van der Waals surface area contributed by atoms with Crippen molar-refractivity contribution < 1.29 is 41.8 Å². The van der Waals surface area contributed by atoms with Crippen molar-refractivity contribution in [2.45, 2.75) is 6.18 Å². The molecule has 0 aliphatic carbocycles. The summed E-state index contributed by atoms with van der Waals surface area (Å²) in [6, 6.07) is 6.90. The molecule has 2 heterocycles. The highest BCUT2D eigenvalue weighted by atomic mass is 35.5. The third kappa shape index (κ3) is 4.26. The second kappa shape index (κ2) is 9.04.